The summed E-state index contributed by atoms with van der Waals surface area (Å²) in [6, 6.07) is 0. The van der Waals surface area contributed by atoms with Crippen molar-refractivity contribution < 1.29 is 14.3 Å². The molecule has 1 spiro atoms. The Bertz CT molecular complexity index is 368. The van der Waals surface area contributed by atoms with Crippen LogP contribution >= 0.6 is 0 Å². The van der Waals surface area contributed by atoms with E-state index >= 15 is 0 Å². The van der Waals surface area contributed by atoms with Crippen molar-refractivity contribution in [2.24, 2.45) is 5.41 Å². The van der Waals surface area contributed by atoms with Crippen LogP contribution in [-0.4, -0.2) is 29.7 Å². The summed E-state index contributed by atoms with van der Waals surface area (Å²) in [5.74, 6) is 0.0519. The van der Waals surface area contributed by atoms with Crippen LogP contribution in [0, 0.1) is 5.41 Å². The van der Waals surface area contributed by atoms with Crippen LogP contribution in [0.1, 0.15) is 40.5 Å². The minimum absolute atomic E-state index is 0.0519. The number of ether oxygens (including phenoxy) is 1. The Kier molecular flexibility index (Phi) is 2.42. The minimum Gasteiger partial charge on any atom is -0.444 e. The molecule has 0 radical (unpaired) electrons. The number of amides is 2. The molecule has 2 N–H and O–H groups in total. The Labute approximate surface area is 101 Å². The third kappa shape index (κ3) is 1.98. The molecule has 1 saturated carbocycles. The average molecular weight is 240 g/mol. The summed E-state index contributed by atoms with van der Waals surface area (Å²) in [5, 5.41) is 5.67. The van der Waals surface area contributed by atoms with Gasteiger partial charge >= 0.3 is 6.09 Å². The summed E-state index contributed by atoms with van der Waals surface area (Å²) >= 11 is 0. The van der Waals surface area contributed by atoms with E-state index < -0.39 is 22.6 Å². The van der Waals surface area contributed by atoms with E-state index in [2.05, 4.69) is 10.6 Å². The Morgan fingerprint density at radius 1 is 1.41 bits per heavy atom. The van der Waals surface area contributed by atoms with Crippen LogP contribution in [0.5, 0.6) is 0 Å². The maximum atomic E-state index is 11.8. The van der Waals surface area contributed by atoms with Crippen LogP contribution in [0.3, 0.4) is 0 Å². The zero-order valence-corrected chi connectivity index (χ0v) is 10.8. The summed E-state index contributed by atoms with van der Waals surface area (Å²) in [7, 11) is 0. The van der Waals surface area contributed by atoms with E-state index in [1.54, 1.807) is 0 Å². The van der Waals surface area contributed by atoms with E-state index in [1.807, 2.05) is 27.7 Å². The largest absolute Gasteiger partial charge is 0.444 e. The van der Waals surface area contributed by atoms with Gasteiger partial charge in [0.15, 0.2) is 0 Å². The molecule has 96 valence electrons. The molecule has 1 aliphatic heterocycles. The van der Waals surface area contributed by atoms with Crippen molar-refractivity contribution in [1.29, 1.82) is 0 Å². The summed E-state index contributed by atoms with van der Waals surface area (Å²) in [5.41, 5.74) is -1.44. The minimum atomic E-state index is -0.521. The van der Waals surface area contributed by atoms with Gasteiger partial charge in [0.05, 0.1) is 11.0 Å². The lowest BCUT2D eigenvalue weighted by molar-refractivity contribution is -0.124. The molecule has 1 saturated heterocycles. The molecule has 2 rings (SSSR count). The number of carbonyl (C=O) groups excluding carboxylic acids is 2. The molecule has 0 aromatic carbocycles. The normalized spacial score (nSPS) is 30.0. The third-order valence-electron chi connectivity index (χ3n) is 3.62. The van der Waals surface area contributed by atoms with Crippen LogP contribution in [0.2, 0.25) is 0 Å². The SMILES string of the molecule is CC(C)(C)OC(=O)N[C@]1(C)CNC(=O)C12CC2. The highest BCUT2D eigenvalue weighted by Crippen LogP contribution is 2.56. The third-order valence-corrected chi connectivity index (χ3v) is 3.62. The van der Waals surface area contributed by atoms with Crippen LogP contribution in [0.15, 0.2) is 0 Å². The maximum absolute atomic E-state index is 11.8. The van der Waals surface area contributed by atoms with Gasteiger partial charge in [-0.1, -0.05) is 0 Å². The van der Waals surface area contributed by atoms with E-state index in [-0.39, 0.29) is 5.91 Å². The standard InChI is InChI=1S/C12H20N2O3/c1-10(2,3)17-9(16)14-11(4)7-13-8(15)12(11)5-6-12/h5-7H2,1-4H3,(H,13,15)(H,14,16)/t11-/m1/s1. The summed E-state index contributed by atoms with van der Waals surface area (Å²) in [6.07, 6.45) is 1.22. The zero-order valence-electron chi connectivity index (χ0n) is 10.8. The van der Waals surface area contributed by atoms with Gasteiger partial charge in [-0.15, -0.1) is 0 Å². The second-order valence-corrected chi connectivity index (χ2v) is 6.22. The van der Waals surface area contributed by atoms with Gasteiger partial charge in [0.25, 0.3) is 0 Å². The van der Waals surface area contributed by atoms with Gasteiger partial charge in [-0.3, -0.25) is 4.79 Å². The van der Waals surface area contributed by atoms with Crippen molar-refractivity contribution in [3.63, 3.8) is 0 Å². The van der Waals surface area contributed by atoms with Gasteiger partial charge < -0.3 is 15.4 Å². The Hall–Kier alpha value is -1.26. The molecule has 5 nitrogen and oxygen atoms in total. The fraction of sp³-hybridized carbons (Fsp3) is 0.833. The zero-order chi connectivity index (χ0) is 12.9. The number of carbonyl (C=O) groups is 2. The molecule has 17 heavy (non-hydrogen) atoms. The van der Waals surface area contributed by atoms with Crippen molar-refractivity contribution in [1.82, 2.24) is 10.6 Å². The summed E-state index contributed by atoms with van der Waals surface area (Å²) in [4.78, 5) is 23.5. The van der Waals surface area contributed by atoms with Crippen LogP contribution in [0.25, 0.3) is 0 Å². The van der Waals surface area contributed by atoms with Crippen molar-refractivity contribution in [2.45, 2.75) is 51.7 Å². The fourth-order valence-corrected chi connectivity index (χ4v) is 2.44. The monoisotopic (exact) mass is 240 g/mol. The first-order valence-electron chi connectivity index (χ1n) is 5.98. The van der Waals surface area contributed by atoms with Crippen molar-refractivity contribution >= 4 is 12.0 Å². The second kappa shape index (κ2) is 3.37. The van der Waals surface area contributed by atoms with E-state index in [9.17, 15) is 9.59 Å². The summed E-state index contributed by atoms with van der Waals surface area (Å²) < 4.78 is 5.23. The topological polar surface area (TPSA) is 67.4 Å². The van der Waals surface area contributed by atoms with E-state index in [0.717, 1.165) is 12.8 Å². The van der Waals surface area contributed by atoms with Crippen LogP contribution < -0.4 is 10.6 Å². The van der Waals surface area contributed by atoms with E-state index in [4.69, 9.17) is 4.74 Å². The van der Waals surface area contributed by atoms with Crippen LogP contribution in [0.4, 0.5) is 4.79 Å². The van der Waals surface area contributed by atoms with Crippen molar-refractivity contribution in [3.05, 3.63) is 0 Å². The number of nitrogens with one attached hydrogen (secondary N) is 2. The molecule has 0 aromatic rings. The predicted octanol–water partition coefficient (Wildman–Crippen LogP) is 1.18. The average Bonchev–Trinajstić information content (AvgIpc) is 2.87. The highest BCUT2D eigenvalue weighted by atomic mass is 16.6. The Morgan fingerprint density at radius 3 is 2.47 bits per heavy atom. The van der Waals surface area contributed by atoms with Gasteiger partial charge in [-0.25, -0.2) is 4.79 Å². The first-order chi connectivity index (χ1) is 7.69. The molecular weight excluding hydrogens is 220 g/mol. The molecule has 2 aliphatic rings. The second-order valence-electron chi connectivity index (χ2n) is 6.22. The van der Waals surface area contributed by atoms with Gasteiger partial charge in [-0.2, -0.15) is 0 Å². The van der Waals surface area contributed by atoms with Crippen molar-refractivity contribution in [2.75, 3.05) is 6.54 Å². The number of alkyl carbamates (subject to hydrolysis) is 1. The Morgan fingerprint density at radius 2 is 2.00 bits per heavy atom. The molecule has 0 bridgehead atoms. The lowest BCUT2D eigenvalue weighted by Crippen LogP contribution is -2.54. The molecular formula is C12H20N2O3. The molecule has 2 amide bonds. The van der Waals surface area contributed by atoms with E-state index in [0.29, 0.717) is 6.54 Å². The molecule has 1 atom stereocenters. The molecule has 1 heterocycles. The van der Waals surface area contributed by atoms with Gasteiger partial charge in [0.1, 0.15) is 5.60 Å². The summed E-state index contributed by atoms with van der Waals surface area (Å²) in [6.45, 7) is 7.84. The lowest BCUT2D eigenvalue weighted by atomic mass is 9.85. The molecule has 1 aliphatic carbocycles. The molecule has 0 aromatic heterocycles. The molecule has 5 heteroatoms. The smallest absolute Gasteiger partial charge is 0.408 e. The Balaban J connectivity index is 2.04. The number of hydrogen-bond donors (Lipinski definition) is 2. The first-order valence-corrected chi connectivity index (χ1v) is 5.98. The van der Waals surface area contributed by atoms with Gasteiger partial charge in [-0.05, 0) is 40.5 Å². The number of hydrogen-bond acceptors (Lipinski definition) is 3. The van der Waals surface area contributed by atoms with Crippen LogP contribution in [-0.2, 0) is 9.53 Å². The quantitative estimate of drug-likeness (QED) is 0.723. The van der Waals surface area contributed by atoms with E-state index in [1.165, 1.54) is 0 Å². The number of rotatable bonds is 1. The molecule has 2 fully saturated rings. The highest BCUT2D eigenvalue weighted by Gasteiger charge is 2.66. The predicted molar refractivity (Wildman–Crippen MR) is 62.5 cm³/mol. The lowest BCUT2D eigenvalue weighted by Gasteiger charge is -2.31. The first kappa shape index (κ1) is 12.2. The molecule has 0 unspecified atom stereocenters. The fourth-order valence-electron chi connectivity index (χ4n) is 2.44. The highest BCUT2D eigenvalue weighted by molar-refractivity contribution is 5.90. The van der Waals surface area contributed by atoms with Crippen molar-refractivity contribution in [3.8, 4) is 0 Å². The van der Waals surface area contributed by atoms with Gasteiger partial charge in [0.2, 0.25) is 5.91 Å². The van der Waals surface area contributed by atoms with Gasteiger partial charge in [0, 0.05) is 6.54 Å². The maximum Gasteiger partial charge on any atom is 0.408 e.